The molecule has 0 bridgehead atoms. The van der Waals surface area contributed by atoms with E-state index in [1.54, 1.807) is 41.2 Å². The fourth-order valence-corrected chi connectivity index (χ4v) is 3.01. The smallest absolute Gasteiger partial charge is 0.277 e. The summed E-state index contributed by atoms with van der Waals surface area (Å²) < 4.78 is 1.80. The molecule has 0 aliphatic rings. The molecule has 8 heteroatoms. The minimum Gasteiger partial charge on any atom is -0.305 e. The van der Waals surface area contributed by atoms with Crippen molar-refractivity contribution < 1.29 is 4.79 Å². The van der Waals surface area contributed by atoms with E-state index < -0.39 is 0 Å². The average Bonchev–Trinajstić information content (AvgIpc) is 3.15. The summed E-state index contributed by atoms with van der Waals surface area (Å²) in [7, 11) is 0. The van der Waals surface area contributed by atoms with Gasteiger partial charge in [-0.1, -0.05) is 35.3 Å². The lowest BCUT2D eigenvalue weighted by molar-refractivity contribution is 0.102. The van der Waals surface area contributed by atoms with Crippen molar-refractivity contribution in [1.82, 2.24) is 19.5 Å². The number of aromatic nitrogens is 4. The van der Waals surface area contributed by atoms with Crippen molar-refractivity contribution in [2.45, 2.75) is 0 Å². The van der Waals surface area contributed by atoms with Gasteiger partial charge in [-0.3, -0.25) is 9.36 Å². The summed E-state index contributed by atoms with van der Waals surface area (Å²) in [5, 5.41) is 3.85. The highest BCUT2D eigenvalue weighted by Crippen LogP contribution is 2.29. The van der Waals surface area contributed by atoms with E-state index in [4.69, 9.17) is 23.2 Å². The van der Waals surface area contributed by atoms with E-state index in [-0.39, 0.29) is 11.6 Å². The molecule has 6 nitrogen and oxygen atoms in total. The summed E-state index contributed by atoms with van der Waals surface area (Å²) in [6.45, 7) is 0. The van der Waals surface area contributed by atoms with Crippen molar-refractivity contribution >= 4 is 34.9 Å². The lowest BCUT2D eigenvalue weighted by atomic mass is 10.2. The molecule has 0 aliphatic carbocycles. The van der Waals surface area contributed by atoms with Crippen LogP contribution < -0.4 is 5.32 Å². The van der Waals surface area contributed by atoms with Gasteiger partial charge in [-0.15, -0.1) is 0 Å². The molecule has 2 aromatic heterocycles. The molecule has 1 N–H and O–H groups in total. The van der Waals surface area contributed by atoms with Crippen molar-refractivity contribution in [3.05, 3.63) is 89.1 Å². The van der Waals surface area contributed by atoms with Gasteiger partial charge in [0, 0.05) is 28.7 Å². The molecule has 2 aromatic carbocycles. The van der Waals surface area contributed by atoms with Crippen molar-refractivity contribution in [2.75, 3.05) is 5.32 Å². The van der Waals surface area contributed by atoms with Gasteiger partial charge < -0.3 is 5.32 Å². The van der Waals surface area contributed by atoms with Crippen molar-refractivity contribution in [3.63, 3.8) is 0 Å². The zero-order valence-electron chi connectivity index (χ0n) is 14.4. The van der Waals surface area contributed by atoms with Crippen LogP contribution in [0.3, 0.4) is 0 Å². The van der Waals surface area contributed by atoms with Gasteiger partial charge in [-0.25, -0.2) is 15.0 Å². The van der Waals surface area contributed by atoms with Crippen LogP contribution in [0.25, 0.3) is 17.1 Å². The van der Waals surface area contributed by atoms with Crippen LogP contribution in [0.4, 0.5) is 5.82 Å². The van der Waals surface area contributed by atoms with Gasteiger partial charge in [-0.2, -0.15) is 0 Å². The number of amides is 1. The maximum absolute atomic E-state index is 12.7. The summed E-state index contributed by atoms with van der Waals surface area (Å²) in [6.07, 6.45) is 4.56. The molecule has 4 aromatic rings. The fourth-order valence-electron chi connectivity index (χ4n) is 2.67. The van der Waals surface area contributed by atoms with Gasteiger partial charge in [0.1, 0.15) is 23.7 Å². The molecule has 0 unspecified atom stereocenters. The highest BCUT2D eigenvalue weighted by Gasteiger charge is 2.18. The van der Waals surface area contributed by atoms with Crippen LogP contribution in [0.5, 0.6) is 0 Å². The first-order valence-corrected chi connectivity index (χ1v) is 9.05. The second-order valence-corrected chi connectivity index (χ2v) is 6.67. The highest BCUT2D eigenvalue weighted by atomic mass is 35.5. The standard InChI is InChI=1S/C20H13Cl2N5O/c21-13-5-7-14(8-6-13)27-11-17(20(28)26-18-9-10-23-12-24-18)25-19(27)15-3-1-2-4-16(15)22/h1-12H,(H,23,24,26,28). The number of carbonyl (C=O) groups is 1. The predicted octanol–water partition coefficient (Wildman–Crippen LogP) is 4.89. The number of hydrogen-bond acceptors (Lipinski definition) is 4. The predicted molar refractivity (Wildman–Crippen MR) is 109 cm³/mol. The van der Waals surface area contributed by atoms with Crippen molar-refractivity contribution in [1.29, 1.82) is 0 Å². The normalized spacial score (nSPS) is 10.6. The Morgan fingerprint density at radius 2 is 1.79 bits per heavy atom. The molecule has 0 fully saturated rings. The van der Waals surface area contributed by atoms with E-state index in [0.717, 1.165) is 5.69 Å². The van der Waals surface area contributed by atoms with Crippen LogP contribution in [0, 0.1) is 0 Å². The van der Waals surface area contributed by atoms with Crippen molar-refractivity contribution in [2.24, 2.45) is 0 Å². The van der Waals surface area contributed by atoms with E-state index in [0.29, 0.717) is 27.3 Å². The number of imidazole rings is 1. The molecule has 0 radical (unpaired) electrons. The van der Waals surface area contributed by atoms with Crippen LogP contribution in [0.15, 0.2) is 73.3 Å². The highest BCUT2D eigenvalue weighted by molar-refractivity contribution is 6.33. The Labute approximate surface area is 170 Å². The van der Waals surface area contributed by atoms with Gasteiger partial charge in [0.25, 0.3) is 5.91 Å². The van der Waals surface area contributed by atoms with Gasteiger partial charge in [0.15, 0.2) is 0 Å². The SMILES string of the molecule is O=C(Nc1ccncn1)c1cn(-c2ccc(Cl)cc2)c(-c2ccccc2Cl)n1. The average molecular weight is 410 g/mol. The lowest BCUT2D eigenvalue weighted by Crippen LogP contribution is -2.13. The number of nitrogens with one attached hydrogen (secondary N) is 1. The molecule has 0 spiro atoms. The summed E-state index contributed by atoms with van der Waals surface area (Å²) in [6, 6.07) is 16.2. The first kappa shape index (κ1) is 18.2. The molecule has 0 aliphatic heterocycles. The lowest BCUT2D eigenvalue weighted by Gasteiger charge is -2.09. The number of halogens is 2. The molecule has 4 rings (SSSR count). The minimum atomic E-state index is -0.389. The van der Waals surface area contributed by atoms with Crippen LogP contribution in [0.2, 0.25) is 10.0 Å². The zero-order chi connectivity index (χ0) is 19.5. The van der Waals surface area contributed by atoms with E-state index in [2.05, 4.69) is 20.3 Å². The van der Waals surface area contributed by atoms with Gasteiger partial charge in [0.05, 0.1) is 5.02 Å². The first-order chi connectivity index (χ1) is 13.6. The van der Waals surface area contributed by atoms with Crippen LogP contribution >= 0.6 is 23.2 Å². The maximum atomic E-state index is 12.7. The third-order valence-electron chi connectivity index (χ3n) is 3.98. The number of benzene rings is 2. The third kappa shape index (κ3) is 3.74. The Balaban J connectivity index is 1.79. The Morgan fingerprint density at radius 3 is 2.50 bits per heavy atom. The second kappa shape index (κ2) is 7.80. The van der Waals surface area contributed by atoms with E-state index in [1.807, 2.05) is 30.3 Å². The molecule has 0 saturated heterocycles. The van der Waals surface area contributed by atoms with E-state index >= 15 is 0 Å². The number of rotatable bonds is 4. The Morgan fingerprint density at radius 1 is 1.00 bits per heavy atom. The Bertz CT molecular complexity index is 1130. The molecule has 0 saturated carbocycles. The van der Waals surface area contributed by atoms with Crippen molar-refractivity contribution in [3.8, 4) is 17.1 Å². The van der Waals surface area contributed by atoms with Crippen LogP contribution in [0.1, 0.15) is 10.5 Å². The molecular formula is C20H13Cl2N5O. The molecule has 1 amide bonds. The van der Waals surface area contributed by atoms with Crippen LogP contribution in [-0.4, -0.2) is 25.4 Å². The molecule has 2 heterocycles. The second-order valence-electron chi connectivity index (χ2n) is 5.82. The number of nitrogens with zero attached hydrogens (tertiary/aromatic N) is 4. The summed E-state index contributed by atoms with van der Waals surface area (Å²) in [5.41, 5.74) is 1.73. The van der Waals surface area contributed by atoms with Gasteiger partial charge in [-0.05, 0) is 42.5 Å². The topological polar surface area (TPSA) is 72.7 Å². The maximum Gasteiger partial charge on any atom is 0.277 e. The monoisotopic (exact) mass is 409 g/mol. The largest absolute Gasteiger partial charge is 0.305 e. The Hall–Kier alpha value is -3.22. The summed E-state index contributed by atoms with van der Waals surface area (Å²) >= 11 is 12.4. The Kier molecular flexibility index (Phi) is 5.06. The fraction of sp³-hybridized carbons (Fsp3) is 0. The number of anilines is 1. The third-order valence-corrected chi connectivity index (χ3v) is 4.56. The van der Waals surface area contributed by atoms with Gasteiger partial charge in [0.2, 0.25) is 0 Å². The van der Waals surface area contributed by atoms with E-state index in [9.17, 15) is 4.79 Å². The van der Waals surface area contributed by atoms with Gasteiger partial charge >= 0.3 is 0 Å². The molecule has 138 valence electrons. The first-order valence-electron chi connectivity index (χ1n) is 8.29. The quantitative estimate of drug-likeness (QED) is 0.520. The summed E-state index contributed by atoms with van der Waals surface area (Å²) in [5.74, 6) is 0.542. The van der Waals surface area contributed by atoms with E-state index in [1.165, 1.54) is 6.33 Å². The minimum absolute atomic E-state index is 0.225. The molecule has 0 atom stereocenters. The summed E-state index contributed by atoms with van der Waals surface area (Å²) in [4.78, 5) is 25.0. The molecular weight excluding hydrogens is 397 g/mol. The number of carbonyl (C=O) groups excluding carboxylic acids is 1. The zero-order valence-corrected chi connectivity index (χ0v) is 15.9. The van der Waals surface area contributed by atoms with Crippen LogP contribution in [-0.2, 0) is 0 Å². The molecule has 28 heavy (non-hydrogen) atoms. The number of hydrogen-bond donors (Lipinski definition) is 1.